The third-order valence-electron chi connectivity index (χ3n) is 6.54. The lowest BCUT2D eigenvalue weighted by Crippen LogP contribution is -2.37. The smallest absolute Gasteiger partial charge is 0.247 e. The minimum absolute atomic E-state index is 0.315. The maximum absolute atomic E-state index is 14.6. The molecule has 1 amide bonds. The summed E-state index contributed by atoms with van der Waals surface area (Å²) in [5, 5.41) is 6.64. The van der Waals surface area contributed by atoms with Crippen LogP contribution in [0.25, 0.3) is 22.0 Å². The molecule has 0 bridgehead atoms. The SMILES string of the molecule is C=CC(=O)Nc1cc2c(Nc3ccc(F)c(-c4ccc(F)cc4)c3)ncnc2cc1OCCCN1CCOCC1. The van der Waals surface area contributed by atoms with Crippen molar-refractivity contribution in [1.82, 2.24) is 14.9 Å². The van der Waals surface area contributed by atoms with Crippen LogP contribution in [0.2, 0.25) is 0 Å². The zero-order chi connectivity index (χ0) is 27.9. The van der Waals surface area contributed by atoms with E-state index in [1.165, 1.54) is 42.7 Å². The van der Waals surface area contributed by atoms with Crippen molar-refractivity contribution in [3.05, 3.63) is 85.2 Å². The van der Waals surface area contributed by atoms with Gasteiger partial charge >= 0.3 is 0 Å². The number of halogens is 2. The molecule has 0 spiro atoms. The molecule has 1 aromatic heterocycles. The van der Waals surface area contributed by atoms with E-state index in [1.54, 1.807) is 24.3 Å². The van der Waals surface area contributed by atoms with Gasteiger partial charge in [-0.3, -0.25) is 9.69 Å². The van der Waals surface area contributed by atoms with Gasteiger partial charge in [0.25, 0.3) is 0 Å². The molecular formula is C30H29F2N5O3. The van der Waals surface area contributed by atoms with Gasteiger partial charge in [0.15, 0.2) is 0 Å². The van der Waals surface area contributed by atoms with Crippen LogP contribution in [0, 0.1) is 11.6 Å². The summed E-state index contributed by atoms with van der Waals surface area (Å²) in [4.78, 5) is 23.3. The number of fused-ring (bicyclic) bond motifs is 1. The number of carbonyl (C=O) groups is 1. The number of nitrogens with zero attached hydrogens (tertiary/aromatic N) is 3. The number of anilines is 3. The summed E-state index contributed by atoms with van der Waals surface area (Å²) in [6, 6.07) is 13.7. The van der Waals surface area contributed by atoms with Crippen molar-refractivity contribution >= 4 is 34.0 Å². The number of ether oxygens (including phenoxy) is 2. The number of carbonyl (C=O) groups excluding carboxylic acids is 1. The molecule has 0 unspecified atom stereocenters. The Morgan fingerprint density at radius 3 is 2.65 bits per heavy atom. The molecular weight excluding hydrogens is 516 g/mol. The van der Waals surface area contributed by atoms with Gasteiger partial charge in [0.05, 0.1) is 31.0 Å². The van der Waals surface area contributed by atoms with E-state index in [0.717, 1.165) is 39.3 Å². The number of rotatable bonds is 10. The van der Waals surface area contributed by atoms with Crippen molar-refractivity contribution in [1.29, 1.82) is 0 Å². The minimum Gasteiger partial charge on any atom is -0.491 e. The molecule has 3 aromatic carbocycles. The number of aromatic nitrogens is 2. The molecule has 1 aliphatic rings. The van der Waals surface area contributed by atoms with E-state index >= 15 is 0 Å². The first-order valence-electron chi connectivity index (χ1n) is 13.0. The number of morpholine rings is 1. The van der Waals surface area contributed by atoms with Gasteiger partial charge in [-0.2, -0.15) is 0 Å². The highest BCUT2D eigenvalue weighted by Gasteiger charge is 2.15. The van der Waals surface area contributed by atoms with E-state index in [1.807, 2.05) is 0 Å². The topological polar surface area (TPSA) is 88.6 Å². The second kappa shape index (κ2) is 12.6. The molecule has 1 fully saturated rings. The van der Waals surface area contributed by atoms with E-state index in [2.05, 4.69) is 32.1 Å². The van der Waals surface area contributed by atoms with E-state index in [4.69, 9.17) is 9.47 Å². The van der Waals surface area contributed by atoms with Crippen LogP contribution >= 0.6 is 0 Å². The van der Waals surface area contributed by atoms with Gasteiger partial charge in [-0.15, -0.1) is 0 Å². The first kappa shape index (κ1) is 27.2. The Hall–Kier alpha value is -4.41. The highest BCUT2D eigenvalue weighted by Crippen LogP contribution is 2.34. The normalized spacial score (nSPS) is 13.7. The summed E-state index contributed by atoms with van der Waals surface area (Å²) in [6.07, 6.45) is 3.41. The Morgan fingerprint density at radius 2 is 1.88 bits per heavy atom. The van der Waals surface area contributed by atoms with Crippen molar-refractivity contribution in [2.45, 2.75) is 6.42 Å². The van der Waals surface area contributed by atoms with Crippen LogP contribution in [-0.2, 0) is 9.53 Å². The highest BCUT2D eigenvalue weighted by atomic mass is 19.1. The summed E-state index contributed by atoms with van der Waals surface area (Å²) in [6.45, 7) is 8.17. The third-order valence-corrected chi connectivity index (χ3v) is 6.54. The predicted molar refractivity (Wildman–Crippen MR) is 151 cm³/mol. The highest BCUT2D eigenvalue weighted by molar-refractivity contribution is 6.03. The van der Waals surface area contributed by atoms with Gasteiger partial charge in [0.2, 0.25) is 5.91 Å². The molecule has 0 radical (unpaired) electrons. The molecule has 2 heterocycles. The van der Waals surface area contributed by atoms with Gasteiger partial charge < -0.3 is 20.1 Å². The van der Waals surface area contributed by atoms with E-state index in [-0.39, 0.29) is 5.91 Å². The maximum Gasteiger partial charge on any atom is 0.247 e. The van der Waals surface area contributed by atoms with Gasteiger partial charge in [0, 0.05) is 42.3 Å². The molecule has 0 aliphatic carbocycles. The zero-order valence-electron chi connectivity index (χ0n) is 21.8. The Balaban J connectivity index is 1.40. The van der Waals surface area contributed by atoms with Crippen molar-refractivity contribution in [2.75, 3.05) is 50.1 Å². The molecule has 0 atom stereocenters. The van der Waals surface area contributed by atoms with Crippen molar-refractivity contribution in [3.8, 4) is 16.9 Å². The number of hydrogen-bond donors (Lipinski definition) is 2. The van der Waals surface area contributed by atoms with E-state index in [0.29, 0.717) is 51.6 Å². The molecule has 10 heteroatoms. The molecule has 2 N–H and O–H groups in total. The fourth-order valence-electron chi connectivity index (χ4n) is 4.47. The molecule has 1 saturated heterocycles. The monoisotopic (exact) mass is 545 g/mol. The Kier molecular flexibility index (Phi) is 8.58. The van der Waals surface area contributed by atoms with Crippen LogP contribution in [-0.4, -0.2) is 60.2 Å². The first-order valence-corrected chi connectivity index (χ1v) is 13.0. The van der Waals surface area contributed by atoms with Gasteiger partial charge in [-0.25, -0.2) is 18.7 Å². The third kappa shape index (κ3) is 6.59. The van der Waals surface area contributed by atoms with Crippen molar-refractivity contribution in [2.24, 2.45) is 0 Å². The van der Waals surface area contributed by atoms with Crippen molar-refractivity contribution in [3.63, 3.8) is 0 Å². The predicted octanol–water partition coefficient (Wildman–Crippen LogP) is 5.54. The summed E-state index contributed by atoms with van der Waals surface area (Å²) in [7, 11) is 0. The number of hydrogen-bond acceptors (Lipinski definition) is 7. The fraction of sp³-hybridized carbons (Fsp3) is 0.233. The van der Waals surface area contributed by atoms with Crippen LogP contribution in [0.4, 0.5) is 26.0 Å². The van der Waals surface area contributed by atoms with Gasteiger partial charge in [0.1, 0.15) is 29.5 Å². The van der Waals surface area contributed by atoms with E-state index in [9.17, 15) is 13.6 Å². The Morgan fingerprint density at radius 1 is 1.07 bits per heavy atom. The van der Waals surface area contributed by atoms with Crippen molar-refractivity contribution < 1.29 is 23.0 Å². The summed E-state index contributed by atoms with van der Waals surface area (Å²) in [5.41, 5.74) is 2.47. The number of nitrogens with one attached hydrogen (secondary N) is 2. The Labute approximate surface area is 230 Å². The lowest BCUT2D eigenvalue weighted by atomic mass is 10.0. The second-order valence-corrected chi connectivity index (χ2v) is 9.26. The van der Waals surface area contributed by atoms with Crippen LogP contribution in [0.5, 0.6) is 5.75 Å². The molecule has 1 aliphatic heterocycles. The molecule has 40 heavy (non-hydrogen) atoms. The lowest BCUT2D eigenvalue weighted by molar-refractivity contribution is -0.111. The summed E-state index contributed by atoms with van der Waals surface area (Å²) in [5.74, 6) is -0.282. The lowest BCUT2D eigenvalue weighted by Gasteiger charge is -2.26. The number of benzene rings is 3. The van der Waals surface area contributed by atoms with Crippen LogP contribution in [0.1, 0.15) is 6.42 Å². The van der Waals surface area contributed by atoms with E-state index < -0.39 is 11.6 Å². The maximum atomic E-state index is 14.6. The number of amides is 1. The standard InChI is InChI=1S/C30H29F2N5O3/c1-2-29(38)36-27-17-24-26(18-28(27)40-13-3-10-37-11-14-39-15-12-37)33-19-34-30(24)35-22-8-9-25(32)23(16-22)20-4-6-21(31)7-5-20/h2,4-9,16-19H,1,3,10-15H2,(H,36,38)(H,33,34,35). The largest absolute Gasteiger partial charge is 0.491 e. The van der Waals surface area contributed by atoms with Crippen LogP contribution in [0.3, 0.4) is 0 Å². The fourth-order valence-corrected chi connectivity index (χ4v) is 4.47. The summed E-state index contributed by atoms with van der Waals surface area (Å²) < 4.78 is 39.5. The van der Waals surface area contributed by atoms with Crippen LogP contribution in [0.15, 0.2) is 73.6 Å². The quantitative estimate of drug-likeness (QED) is 0.200. The molecule has 8 nitrogen and oxygen atoms in total. The average molecular weight is 546 g/mol. The van der Waals surface area contributed by atoms with Gasteiger partial charge in [-0.05, 0) is 54.5 Å². The van der Waals surface area contributed by atoms with Crippen LogP contribution < -0.4 is 15.4 Å². The molecule has 4 aromatic rings. The zero-order valence-corrected chi connectivity index (χ0v) is 21.8. The average Bonchev–Trinajstić information content (AvgIpc) is 2.97. The first-order chi connectivity index (χ1) is 19.5. The molecule has 206 valence electrons. The van der Waals surface area contributed by atoms with Gasteiger partial charge in [-0.1, -0.05) is 18.7 Å². The minimum atomic E-state index is -0.436. The molecule has 0 saturated carbocycles. The second-order valence-electron chi connectivity index (χ2n) is 9.26. The Bertz CT molecular complexity index is 1510. The molecule has 5 rings (SSSR count). The summed E-state index contributed by atoms with van der Waals surface area (Å²) >= 11 is 0.